The van der Waals surface area contributed by atoms with E-state index in [1.165, 1.54) is 31.5 Å². The van der Waals surface area contributed by atoms with Crippen molar-refractivity contribution in [3.8, 4) is 16.9 Å². The van der Waals surface area contributed by atoms with Crippen LogP contribution in [0.15, 0.2) is 28.9 Å². The maximum atomic E-state index is 13.9. The summed E-state index contributed by atoms with van der Waals surface area (Å²) in [5.41, 5.74) is 6.82. The molecule has 0 spiro atoms. The van der Waals surface area contributed by atoms with Crippen LogP contribution in [0.2, 0.25) is 0 Å². The number of nitrogens with zero attached hydrogens (tertiary/aromatic N) is 1. The predicted molar refractivity (Wildman–Crippen MR) is 69.1 cm³/mol. The average molecular weight is 262 g/mol. The van der Waals surface area contributed by atoms with Gasteiger partial charge in [0.1, 0.15) is 0 Å². The third-order valence-corrected chi connectivity index (χ3v) is 3.54. The van der Waals surface area contributed by atoms with Crippen molar-refractivity contribution in [1.82, 2.24) is 5.16 Å². The zero-order chi connectivity index (χ0) is 13.2. The number of rotatable bonds is 4. The number of nitrogens with two attached hydrogens (primary N) is 1. The lowest BCUT2D eigenvalue weighted by atomic mass is 9.86. The number of hydrogen-bond donors (Lipinski definition) is 1. The summed E-state index contributed by atoms with van der Waals surface area (Å²) in [6, 6.07) is 4.76. The zero-order valence-electron chi connectivity index (χ0n) is 10.4. The van der Waals surface area contributed by atoms with E-state index in [1.54, 1.807) is 12.1 Å². The number of aromatic nitrogens is 1. The molecule has 4 nitrogen and oxygen atoms in total. The molecule has 0 radical (unpaired) electrons. The van der Waals surface area contributed by atoms with Crippen LogP contribution in [0.3, 0.4) is 0 Å². The topological polar surface area (TPSA) is 61.3 Å². The van der Waals surface area contributed by atoms with Crippen molar-refractivity contribution in [2.45, 2.75) is 19.3 Å². The second-order valence-corrected chi connectivity index (χ2v) is 4.86. The molecule has 0 unspecified atom stereocenters. The summed E-state index contributed by atoms with van der Waals surface area (Å²) >= 11 is 0. The van der Waals surface area contributed by atoms with Crippen LogP contribution in [0.4, 0.5) is 10.3 Å². The van der Waals surface area contributed by atoms with Gasteiger partial charge in [-0.05, 0) is 36.5 Å². The van der Waals surface area contributed by atoms with Gasteiger partial charge < -0.3 is 15.0 Å². The smallest absolute Gasteiger partial charge is 0.229 e. The quantitative estimate of drug-likeness (QED) is 0.918. The van der Waals surface area contributed by atoms with Crippen LogP contribution in [-0.2, 0) is 0 Å². The monoisotopic (exact) mass is 262 g/mol. The van der Waals surface area contributed by atoms with Crippen molar-refractivity contribution in [3.63, 3.8) is 0 Å². The van der Waals surface area contributed by atoms with Gasteiger partial charge in [0.25, 0.3) is 0 Å². The lowest BCUT2D eigenvalue weighted by molar-refractivity contribution is 0.175. The summed E-state index contributed by atoms with van der Waals surface area (Å²) in [6.07, 6.45) is 5.08. The predicted octanol–water partition coefficient (Wildman–Crippen LogP) is 3.24. The van der Waals surface area contributed by atoms with Gasteiger partial charge in [0.05, 0.1) is 18.4 Å². The summed E-state index contributed by atoms with van der Waals surface area (Å²) < 4.78 is 24.2. The standard InChI is InChI=1S/C14H15FN2O2/c15-12-6-10(11-7-17-19-14(11)16)4-5-13(12)18-8-9-2-1-3-9/h4-7,9H,1-3,8,16H2. The Labute approximate surface area is 110 Å². The van der Waals surface area contributed by atoms with Gasteiger partial charge in [0, 0.05) is 0 Å². The Morgan fingerprint density at radius 2 is 2.26 bits per heavy atom. The van der Waals surface area contributed by atoms with Crippen LogP contribution in [-0.4, -0.2) is 11.8 Å². The average Bonchev–Trinajstić information content (AvgIpc) is 2.75. The Morgan fingerprint density at radius 3 is 2.84 bits per heavy atom. The molecule has 3 rings (SSSR count). The Morgan fingerprint density at radius 1 is 1.42 bits per heavy atom. The van der Waals surface area contributed by atoms with Gasteiger partial charge in [-0.2, -0.15) is 0 Å². The number of nitrogen functional groups attached to an aromatic ring is 1. The van der Waals surface area contributed by atoms with Crippen molar-refractivity contribution in [1.29, 1.82) is 0 Å². The van der Waals surface area contributed by atoms with Gasteiger partial charge in [0.15, 0.2) is 11.6 Å². The lowest BCUT2D eigenvalue weighted by Crippen LogP contribution is -2.19. The molecule has 1 saturated carbocycles. The molecular formula is C14H15FN2O2. The molecule has 0 bridgehead atoms. The minimum absolute atomic E-state index is 0.183. The van der Waals surface area contributed by atoms with Crippen molar-refractivity contribution in [2.75, 3.05) is 12.3 Å². The van der Waals surface area contributed by atoms with Gasteiger partial charge >= 0.3 is 0 Å². The van der Waals surface area contributed by atoms with E-state index in [1.807, 2.05) is 0 Å². The minimum atomic E-state index is -0.391. The maximum Gasteiger partial charge on any atom is 0.229 e. The van der Waals surface area contributed by atoms with Gasteiger partial charge in [-0.25, -0.2) is 4.39 Å². The maximum absolute atomic E-state index is 13.9. The molecule has 19 heavy (non-hydrogen) atoms. The highest BCUT2D eigenvalue weighted by molar-refractivity contribution is 5.72. The summed E-state index contributed by atoms with van der Waals surface area (Å²) in [7, 11) is 0. The normalized spacial score (nSPS) is 15.2. The van der Waals surface area contributed by atoms with E-state index >= 15 is 0 Å². The molecule has 0 saturated heterocycles. The Balaban J connectivity index is 1.75. The number of benzene rings is 1. The molecule has 1 heterocycles. The van der Waals surface area contributed by atoms with Gasteiger partial charge in [0.2, 0.25) is 5.88 Å². The first-order valence-electron chi connectivity index (χ1n) is 6.37. The van der Waals surface area contributed by atoms with Crippen molar-refractivity contribution in [3.05, 3.63) is 30.2 Å². The van der Waals surface area contributed by atoms with E-state index in [0.29, 0.717) is 23.7 Å². The molecule has 5 heteroatoms. The van der Waals surface area contributed by atoms with Crippen LogP contribution in [0, 0.1) is 11.7 Å². The van der Waals surface area contributed by atoms with Crippen LogP contribution in [0.25, 0.3) is 11.1 Å². The molecule has 1 aliphatic carbocycles. The largest absolute Gasteiger partial charge is 0.490 e. The number of anilines is 1. The van der Waals surface area contributed by atoms with Gasteiger partial charge in [-0.3, -0.25) is 0 Å². The molecule has 0 amide bonds. The fraction of sp³-hybridized carbons (Fsp3) is 0.357. The van der Waals surface area contributed by atoms with E-state index in [0.717, 1.165) is 0 Å². The van der Waals surface area contributed by atoms with Crippen molar-refractivity contribution < 1.29 is 13.7 Å². The Kier molecular flexibility index (Phi) is 3.11. The van der Waals surface area contributed by atoms with E-state index < -0.39 is 5.82 Å². The number of ether oxygens (including phenoxy) is 1. The second-order valence-electron chi connectivity index (χ2n) is 4.86. The number of hydrogen-bond acceptors (Lipinski definition) is 4. The molecular weight excluding hydrogens is 247 g/mol. The van der Waals surface area contributed by atoms with Gasteiger partial charge in [-0.1, -0.05) is 17.6 Å². The highest BCUT2D eigenvalue weighted by Crippen LogP contribution is 2.31. The van der Waals surface area contributed by atoms with Crippen molar-refractivity contribution in [2.24, 2.45) is 5.92 Å². The minimum Gasteiger partial charge on any atom is -0.490 e. The summed E-state index contributed by atoms with van der Waals surface area (Å²) in [5.74, 6) is 0.651. The zero-order valence-corrected chi connectivity index (χ0v) is 10.4. The Bertz CT molecular complexity index is 579. The first-order chi connectivity index (χ1) is 9.24. The highest BCUT2D eigenvalue weighted by Gasteiger charge is 2.19. The fourth-order valence-corrected chi connectivity index (χ4v) is 2.12. The summed E-state index contributed by atoms with van der Waals surface area (Å²) in [4.78, 5) is 0. The van der Waals surface area contributed by atoms with Gasteiger partial charge in [-0.15, -0.1) is 0 Å². The molecule has 1 fully saturated rings. The summed E-state index contributed by atoms with van der Waals surface area (Å²) in [5, 5.41) is 3.57. The van der Waals surface area contributed by atoms with E-state index in [9.17, 15) is 4.39 Å². The van der Waals surface area contributed by atoms with E-state index in [-0.39, 0.29) is 11.6 Å². The lowest BCUT2D eigenvalue weighted by Gasteiger charge is -2.25. The first kappa shape index (κ1) is 12.0. The molecule has 2 N–H and O–H groups in total. The number of halogens is 1. The molecule has 0 atom stereocenters. The molecule has 0 aliphatic heterocycles. The SMILES string of the molecule is Nc1oncc1-c1ccc(OCC2CCC2)c(F)c1. The highest BCUT2D eigenvalue weighted by atomic mass is 19.1. The molecule has 2 aromatic rings. The van der Waals surface area contributed by atoms with Crippen LogP contribution >= 0.6 is 0 Å². The first-order valence-corrected chi connectivity index (χ1v) is 6.37. The molecule has 1 aromatic carbocycles. The van der Waals surface area contributed by atoms with Crippen LogP contribution in [0.1, 0.15) is 19.3 Å². The van der Waals surface area contributed by atoms with Crippen LogP contribution in [0.5, 0.6) is 5.75 Å². The fourth-order valence-electron chi connectivity index (χ4n) is 2.12. The van der Waals surface area contributed by atoms with E-state index in [4.69, 9.17) is 15.0 Å². The second kappa shape index (κ2) is 4.91. The summed E-state index contributed by atoms with van der Waals surface area (Å²) in [6.45, 7) is 0.589. The van der Waals surface area contributed by atoms with E-state index in [2.05, 4.69) is 5.16 Å². The Hall–Kier alpha value is -2.04. The molecule has 1 aromatic heterocycles. The third kappa shape index (κ3) is 2.41. The van der Waals surface area contributed by atoms with Crippen LogP contribution < -0.4 is 10.5 Å². The van der Waals surface area contributed by atoms with Crippen molar-refractivity contribution >= 4 is 5.88 Å². The molecule has 100 valence electrons. The third-order valence-electron chi connectivity index (χ3n) is 3.54. The molecule has 1 aliphatic rings.